The Morgan fingerprint density at radius 2 is 2.22 bits per heavy atom. The van der Waals surface area contributed by atoms with Gasteiger partial charge in [-0.1, -0.05) is 6.07 Å². The number of nitrogens with zero attached hydrogens (tertiary/aromatic N) is 2. The molecule has 0 saturated heterocycles. The molecule has 0 fully saturated rings. The van der Waals surface area contributed by atoms with E-state index in [1.807, 2.05) is 25.7 Å². The molecule has 1 aromatic carbocycles. The van der Waals surface area contributed by atoms with E-state index < -0.39 is 5.82 Å². The summed E-state index contributed by atoms with van der Waals surface area (Å²) in [5.41, 5.74) is 0.834. The van der Waals surface area contributed by atoms with Crippen LogP contribution >= 0.6 is 12.6 Å². The maximum Gasteiger partial charge on any atom is 0.165 e. The molecule has 2 unspecified atom stereocenters. The van der Waals surface area contributed by atoms with E-state index in [9.17, 15) is 4.39 Å². The van der Waals surface area contributed by atoms with E-state index in [1.54, 1.807) is 24.4 Å². The van der Waals surface area contributed by atoms with Crippen molar-refractivity contribution < 1.29 is 9.13 Å². The molecule has 0 spiro atoms. The average molecular weight is 335 g/mol. The molecule has 1 N–H and O–H groups in total. The zero-order valence-electron chi connectivity index (χ0n) is 13.5. The van der Waals surface area contributed by atoms with Gasteiger partial charge in [0.2, 0.25) is 0 Å². The van der Waals surface area contributed by atoms with Gasteiger partial charge in [-0.2, -0.15) is 12.6 Å². The van der Waals surface area contributed by atoms with Crippen LogP contribution in [0.25, 0.3) is 0 Å². The average Bonchev–Trinajstić information content (AvgIpc) is 2.65. The number of aliphatic imine (C=N–C) groups is 1. The lowest BCUT2D eigenvalue weighted by Gasteiger charge is -2.35. The van der Waals surface area contributed by atoms with E-state index in [1.165, 1.54) is 12.4 Å². The summed E-state index contributed by atoms with van der Waals surface area (Å²) in [6.45, 7) is 6.43. The van der Waals surface area contributed by atoms with Crippen molar-refractivity contribution in [2.24, 2.45) is 4.99 Å². The fourth-order valence-corrected chi connectivity index (χ4v) is 3.19. The summed E-state index contributed by atoms with van der Waals surface area (Å²) in [5.74, 6) is 0.284. The first-order chi connectivity index (χ1) is 11.0. The van der Waals surface area contributed by atoms with Crippen LogP contribution in [0.2, 0.25) is 0 Å². The summed E-state index contributed by atoms with van der Waals surface area (Å²) < 4.78 is 19.8. The zero-order chi connectivity index (χ0) is 17.0. The van der Waals surface area contributed by atoms with Gasteiger partial charge in [0.05, 0.1) is 23.7 Å². The summed E-state index contributed by atoms with van der Waals surface area (Å²) in [6.07, 6.45) is 4.66. The van der Waals surface area contributed by atoms with E-state index in [4.69, 9.17) is 10.1 Å². The highest BCUT2D eigenvalue weighted by atomic mass is 32.1. The Morgan fingerprint density at radius 3 is 2.83 bits per heavy atom. The molecule has 6 heteroatoms. The van der Waals surface area contributed by atoms with Gasteiger partial charge in [0, 0.05) is 12.8 Å². The Kier molecular flexibility index (Phi) is 5.82. The lowest BCUT2D eigenvalue weighted by Crippen LogP contribution is -2.47. The predicted molar refractivity (Wildman–Crippen MR) is 95.5 cm³/mol. The van der Waals surface area contributed by atoms with Gasteiger partial charge in [-0.05, 0) is 44.5 Å². The minimum Gasteiger partial charge on any atom is -0.457 e. The highest BCUT2D eigenvalue weighted by molar-refractivity contribution is 7.81. The molecule has 124 valence electrons. The van der Waals surface area contributed by atoms with Crippen molar-refractivity contribution >= 4 is 25.2 Å². The van der Waals surface area contributed by atoms with Crippen molar-refractivity contribution in [3.05, 3.63) is 41.4 Å². The Balaban J connectivity index is 2.29. The molecule has 3 atom stereocenters. The van der Waals surface area contributed by atoms with Gasteiger partial charge in [-0.25, -0.2) is 4.39 Å². The van der Waals surface area contributed by atoms with Crippen molar-refractivity contribution in [2.45, 2.75) is 38.1 Å². The van der Waals surface area contributed by atoms with Gasteiger partial charge in [0.1, 0.15) is 5.76 Å². The van der Waals surface area contributed by atoms with E-state index in [2.05, 4.69) is 17.6 Å². The van der Waals surface area contributed by atoms with Crippen LogP contribution in [-0.2, 0) is 0 Å². The molecular weight excluding hydrogens is 313 g/mol. The van der Waals surface area contributed by atoms with Crippen molar-refractivity contribution in [3.8, 4) is 5.75 Å². The summed E-state index contributed by atoms with van der Waals surface area (Å²) in [7, 11) is 0. The lowest BCUT2D eigenvalue weighted by molar-refractivity contribution is 0.271. The maximum atomic E-state index is 14.0. The molecular formula is C17H22FN3OS. The molecule has 1 aliphatic heterocycles. The van der Waals surface area contributed by atoms with Crippen LogP contribution in [0.4, 0.5) is 4.39 Å². The number of benzene rings is 1. The number of allylic oxidation sites excluding steroid dienone is 1. The third kappa shape index (κ3) is 3.93. The van der Waals surface area contributed by atoms with Gasteiger partial charge >= 0.3 is 0 Å². The van der Waals surface area contributed by atoms with Crippen LogP contribution in [0.1, 0.15) is 19.4 Å². The highest BCUT2D eigenvalue weighted by Gasteiger charge is 2.33. The number of rotatable bonds is 5. The molecule has 0 aromatic heterocycles. The van der Waals surface area contributed by atoms with Gasteiger partial charge in [-0.15, -0.1) is 0 Å². The summed E-state index contributed by atoms with van der Waals surface area (Å²) >= 11 is 4.67. The molecule has 1 aromatic rings. The Bertz CT molecular complexity index is 632. The Morgan fingerprint density at radius 1 is 1.48 bits per heavy atom. The van der Waals surface area contributed by atoms with Gasteiger partial charge < -0.3 is 9.64 Å². The van der Waals surface area contributed by atoms with Crippen LogP contribution in [-0.4, -0.2) is 41.3 Å². The highest BCUT2D eigenvalue weighted by Crippen LogP contribution is 2.28. The fourth-order valence-electron chi connectivity index (χ4n) is 2.63. The van der Waals surface area contributed by atoms with Gasteiger partial charge in [0.25, 0.3) is 0 Å². The third-order valence-corrected chi connectivity index (χ3v) is 4.46. The summed E-state index contributed by atoms with van der Waals surface area (Å²) in [5, 5.41) is 7.26. The number of halogens is 1. The molecule has 23 heavy (non-hydrogen) atoms. The number of aryl methyl sites for hydroxylation is 1. The number of hydrogen-bond donors (Lipinski definition) is 2. The largest absolute Gasteiger partial charge is 0.457 e. The lowest BCUT2D eigenvalue weighted by atomic mass is 10.0. The maximum absolute atomic E-state index is 14.0. The van der Waals surface area contributed by atoms with Crippen LogP contribution in [0.15, 0.2) is 35.0 Å². The molecule has 0 radical (unpaired) electrons. The van der Waals surface area contributed by atoms with Crippen LogP contribution in [0.5, 0.6) is 5.75 Å². The molecule has 0 bridgehead atoms. The van der Waals surface area contributed by atoms with Crippen LogP contribution in [0.3, 0.4) is 0 Å². The standard InChI is InChI=1S/C17H22FN3OS/c1-4-21(10-19)16-12(3)20-8-7-15(17(16)23)22-14-6-5-11(2)9-13(14)18/h5-10,12,16-17,19,23H,4H2,1-3H3/t12?,16-,17?/m0/s1. The normalized spacial score (nSPS) is 23.9. The first-order valence-corrected chi connectivity index (χ1v) is 8.11. The Labute approximate surface area is 142 Å². The smallest absolute Gasteiger partial charge is 0.165 e. The molecule has 1 aliphatic rings. The first-order valence-electron chi connectivity index (χ1n) is 7.59. The molecule has 0 saturated carbocycles. The van der Waals surface area contributed by atoms with E-state index >= 15 is 0 Å². The van der Waals surface area contributed by atoms with Gasteiger partial charge in [-0.3, -0.25) is 10.4 Å². The fraction of sp³-hybridized carbons (Fsp3) is 0.412. The Hall–Kier alpha value is -1.82. The van der Waals surface area contributed by atoms with E-state index in [-0.39, 0.29) is 23.1 Å². The van der Waals surface area contributed by atoms with Crippen molar-refractivity contribution in [3.63, 3.8) is 0 Å². The van der Waals surface area contributed by atoms with Crippen LogP contribution in [0, 0.1) is 18.2 Å². The topological polar surface area (TPSA) is 48.7 Å². The molecule has 4 nitrogen and oxygen atoms in total. The van der Waals surface area contributed by atoms with Crippen molar-refractivity contribution in [2.75, 3.05) is 6.54 Å². The number of hydrogen-bond acceptors (Lipinski definition) is 4. The molecule has 2 rings (SSSR count). The molecule has 1 heterocycles. The van der Waals surface area contributed by atoms with E-state index in [0.717, 1.165) is 5.56 Å². The number of likely N-dealkylation sites (N-methyl/N-ethyl adjacent to an activating group) is 1. The zero-order valence-corrected chi connectivity index (χ0v) is 14.4. The summed E-state index contributed by atoms with van der Waals surface area (Å²) in [6, 6.07) is 4.65. The third-order valence-electron chi connectivity index (χ3n) is 3.90. The van der Waals surface area contributed by atoms with E-state index in [0.29, 0.717) is 12.3 Å². The van der Waals surface area contributed by atoms with Crippen molar-refractivity contribution in [1.82, 2.24) is 4.90 Å². The SMILES string of the molecule is CCN(C=N)[C@H]1C(C)N=CC=C(Oc2ccc(C)cc2F)C1S. The number of thiol groups is 1. The first kappa shape index (κ1) is 17.5. The predicted octanol–water partition coefficient (Wildman–Crippen LogP) is 3.47. The second-order valence-corrected chi connectivity index (χ2v) is 6.10. The molecule has 0 aliphatic carbocycles. The minimum absolute atomic E-state index is 0.0562. The quantitative estimate of drug-likeness (QED) is 0.492. The van der Waals surface area contributed by atoms with Gasteiger partial charge in [0.15, 0.2) is 11.6 Å². The second-order valence-electron chi connectivity index (χ2n) is 5.54. The minimum atomic E-state index is -0.406. The summed E-state index contributed by atoms with van der Waals surface area (Å²) in [4.78, 5) is 6.29. The number of ether oxygens (including phenoxy) is 1. The molecule has 0 amide bonds. The second kappa shape index (κ2) is 7.64. The van der Waals surface area contributed by atoms with Crippen molar-refractivity contribution in [1.29, 1.82) is 5.41 Å². The van der Waals surface area contributed by atoms with Crippen LogP contribution < -0.4 is 4.74 Å². The monoisotopic (exact) mass is 335 g/mol. The number of nitrogens with one attached hydrogen (secondary N) is 1.